The molecule has 2 rings (SSSR count). The SMILES string of the molecule is CC(N)CC1=CC2C=NSC2C=C1. The summed E-state index contributed by atoms with van der Waals surface area (Å²) in [6, 6.07) is 0.249. The summed E-state index contributed by atoms with van der Waals surface area (Å²) in [7, 11) is 0. The first-order chi connectivity index (χ1) is 6.25. The highest BCUT2D eigenvalue weighted by Gasteiger charge is 2.23. The van der Waals surface area contributed by atoms with Crippen LogP contribution in [0.1, 0.15) is 13.3 Å². The normalized spacial score (nSPS) is 32.9. The minimum Gasteiger partial charge on any atom is -0.328 e. The van der Waals surface area contributed by atoms with E-state index in [0.717, 1.165) is 6.42 Å². The lowest BCUT2D eigenvalue weighted by Crippen LogP contribution is -2.18. The van der Waals surface area contributed by atoms with Gasteiger partial charge in [-0.3, -0.25) is 0 Å². The standard InChI is InChI=1S/C10H14N2S/c1-7(11)4-8-2-3-10-9(5-8)6-12-13-10/h2-3,5-7,9-10H,4,11H2,1H3. The maximum absolute atomic E-state index is 5.75. The predicted octanol–water partition coefficient (Wildman–Crippen LogP) is 1.94. The molecule has 1 heterocycles. The van der Waals surface area contributed by atoms with Crippen molar-refractivity contribution in [3.8, 4) is 0 Å². The molecule has 70 valence electrons. The monoisotopic (exact) mass is 194 g/mol. The molecule has 3 atom stereocenters. The second kappa shape index (κ2) is 3.68. The summed E-state index contributed by atoms with van der Waals surface area (Å²) in [5, 5.41) is 0.539. The molecule has 0 aromatic heterocycles. The van der Waals surface area contributed by atoms with Crippen molar-refractivity contribution in [3.63, 3.8) is 0 Å². The topological polar surface area (TPSA) is 38.4 Å². The second-order valence-electron chi connectivity index (χ2n) is 3.68. The zero-order valence-corrected chi connectivity index (χ0v) is 8.50. The molecule has 2 N–H and O–H groups in total. The number of nitrogens with two attached hydrogens (primary N) is 1. The number of hydrogen-bond donors (Lipinski definition) is 1. The molecule has 0 saturated carbocycles. The van der Waals surface area contributed by atoms with E-state index in [9.17, 15) is 0 Å². The lowest BCUT2D eigenvalue weighted by atomic mass is 9.94. The van der Waals surface area contributed by atoms with Gasteiger partial charge in [-0.1, -0.05) is 23.8 Å². The molecule has 0 bridgehead atoms. The molecule has 0 radical (unpaired) electrons. The third-order valence-corrected chi connectivity index (χ3v) is 3.22. The van der Waals surface area contributed by atoms with Crippen molar-refractivity contribution in [1.29, 1.82) is 0 Å². The summed E-state index contributed by atoms with van der Waals surface area (Å²) in [6.45, 7) is 2.04. The van der Waals surface area contributed by atoms with Gasteiger partial charge in [0.25, 0.3) is 0 Å². The average Bonchev–Trinajstić information content (AvgIpc) is 2.49. The van der Waals surface area contributed by atoms with E-state index in [4.69, 9.17) is 5.73 Å². The van der Waals surface area contributed by atoms with Crippen molar-refractivity contribution >= 4 is 18.2 Å². The molecule has 0 saturated heterocycles. The van der Waals surface area contributed by atoms with E-state index < -0.39 is 0 Å². The highest BCUT2D eigenvalue weighted by atomic mass is 32.2. The summed E-state index contributed by atoms with van der Waals surface area (Å²) in [6.07, 6.45) is 9.71. The molecular weight excluding hydrogens is 180 g/mol. The van der Waals surface area contributed by atoms with Gasteiger partial charge in [-0.15, -0.1) is 0 Å². The summed E-state index contributed by atoms with van der Waals surface area (Å²) in [5.74, 6) is 0.503. The molecule has 3 unspecified atom stereocenters. The fraction of sp³-hybridized carbons (Fsp3) is 0.500. The van der Waals surface area contributed by atoms with Crippen LogP contribution in [0.3, 0.4) is 0 Å². The Hall–Kier alpha value is -0.540. The maximum Gasteiger partial charge on any atom is 0.0562 e. The van der Waals surface area contributed by atoms with E-state index >= 15 is 0 Å². The van der Waals surface area contributed by atoms with Crippen molar-refractivity contribution in [1.82, 2.24) is 0 Å². The molecule has 0 spiro atoms. The molecule has 0 fully saturated rings. The zero-order valence-electron chi connectivity index (χ0n) is 7.68. The van der Waals surface area contributed by atoms with Gasteiger partial charge < -0.3 is 5.73 Å². The van der Waals surface area contributed by atoms with Gasteiger partial charge in [0.05, 0.1) is 5.25 Å². The number of nitrogens with zero attached hydrogens (tertiary/aromatic N) is 1. The minimum atomic E-state index is 0.249. The molecule has 0 amide bonds. The van der Waals surface area contributed by atoms with Crippen molar-refractivity contribution in [2.75, 3.05) is 0 Å². The first-order valence-electron chi connectivity index (χ1n) is 4.59. The lowest BCUT2D eigenvalue weighted by Gasteiger charge is -2.17. The molecular formula is C10H14N2S. The Bertz CT molecular complexity index is 279. The third kappa shape index (κ3) is 2.03. The highest BCUT2D eigenvalue weighted by Crippen LogP contribution is 2.33. The molecule has 13 heavy (non-hydrogen) atoms. The molecule has 3 heteroatoms. The minimum absolute atomic E-state index is 0.249. The van der Waals surface area contributed by atoms with Crippen LogP contribution in [-0.2, 0) is 0 Å². The zero-order chi connectivity index (χ0) is 9.26. The van der Waals surface area contributed by atoms with Crippen molar-refractivity contribution < 1.29 is 0 Å². The van der Waals surface area contributed by atoms with Crippen LogP contribution in [0.25, 0.3) is 0 Å². The molecule has 1 aliphatic carbocycles. The van der Waals surface area contributed by atoms with Gasteiger partial charge in [-0.25, -0.2) is 4.40 Å². The van der Waals surface area contributed by atoms with E-state index in [2.05, 4.69) is 22.6 Å². The third-order valence-electron chi connectivity index (χ3n) is 2.26. The van der Waals surface area contributed by atoms with Crippen LogP contribution >= 0.6 is 11.9 Å². The Morgan fingerprint density at radius 1 is 1.69 bits per heavy atom. The first-order valence-corrected chi connectivity index (χ1v) is 5.43. The van der Waals surface area contributed by atoms with E-state index in [1.54, 1.807) is 11.9 Å². The van der Waals surface area contributed by atoms with E-state index in [-0.39, 0.29) is 6.04 Å². The first kappa shape index (κ1) is 9.03. The lowest BCUT2D eigenvalue weighted by molar-refractivity contribution is 0.729. The quantitative estimate of drug-likeness (QED) is 0.682. The van der Waals surface area contributed by atoms with Crippen molar-refractivity contribution in [3.05, 3.63) is 23.8 Å². The Balaban J connectivity index is 2.06. The number of allylic oxidation sites excluding steroid dienone is 2. The number of fused-ring (bicyclic) bond motifs is 1. The molecule has 0 aromatic rings. The van der Waals surface area contributed by atoms with E-state index in [1.165, 1.54) is 5.57 Å². The maximum atomic E-state index is 5.75. The predicted molar refractivity (Wildman–Crippen MR) is 58.9 cm³/mol. The fourth-order valence-electron chi connectivity index (χ4n) is 1.66. The largest absolute Gasteiger partial charge is 0.328 e. The Morgan fingerprint density at radius 2 is 2.54 bits per heavy atom. The average molecular weight is 194 g/mol. The van der Waals surface area contributed by atoms with E-state index in [0.29, 0.717) is 11.2 Å². The van der Waals surface area contributed by atoms with Crippen LogP contribution in [0.4, 0.5) is 0 Å². The van der Waals surface area contributed by atoms with Gasteiger partial charge in [-0.2, -0.15) is 0 Å². The Labute approximate surface area is 83.1 Å². The second-order valence-corrected chi connectivity index (χ2v) is 4.65. The van der Waals surface area contributed by atoms with Crippen LogP contribution in [0.5, 0.6) is 0 Å². The Kier molecular flexibility index (Phi) is 2.56. The van der Waals surface area contributed by atoms with Gasteiger partial charge in [0.15, 0.2) is 0 Å². The van der Waals surface area contributed by atoms with Gasteiger partial charge in [0.2, 0.25) is 0 Å². The Morgan fingerprint density at radius 3 is 3.31 bits per heavy atom. The van der Waals surface area contributed by atoms with Crippen LogP contribution in [-0.4, -0.2) is 17.5 Å². The summed E-state index contributed by atoms with van der Waals surface area (Å²) in [4.78, 5) is 0. The number of hydrogen-bond acceptors (Lipinski definition) is 3. The molecule has 1 aliphatic heterocycles. The summed E-state index contributed by atoms with van der Waals surface area (Å²) < 4.78 is 4.21. The van der Waals surface area contributed by atoms with Crippen LogP contribution in [0.2, 0.25) is 0 Å². The van der Waals surface area contributed by atoms with Crippen LogP contribution < -0.4 is 5.73 Å². The smallest absolute Gasteiger partial charge is 0.0562 e. The summed E-state index contributed by atoms with van der Waals surface area (Å²) >= 11 is 1.65. The van der Waals surface area contributed by atoms with Gasteiger partial charge in [0.1, 0.15) is 0 Å². The van der Waals surface area contributed by atoms with Gasteiger partial charge in [0, 0.05) is 18.2 Å². The van der Waals surface area contributed by atoms with Gasteiger partial charge >= 0.3 is 0 Å². The molecule has 0 aromatic carbocycles. The summed E-state index contributed by atoms with van der Waals surface area (Å²) in [5.41, 5.74) is 7.10. The van der Waals surface area contributed by atoms with Crippen molar-refractivity contribution in [2.24, 2.45) is 16.0 Å². The fourth-order valence-corrected chi connectivity index (χ4v) is 2.45. The van der Waals surface area contributed by atoms with Crippen molar-refractivity contribution in [2.45, 2.75) is 24.6 Å². The number of rotatable bonds is 2. The highest BCUT2D eigenvalue weighted by molar-refractivity contribution is 7.99. The van der Waals surface area contributed by atoms with Crippen LogP contribution in [0.15, 0.2) is 28.2 Å². The molecule has 2 aliphatic rings. The van der Waals surface area contributed by atoms with Gasteiger partial charge in [-0.05, 0) is 25.3 Å². The van der Waals surface area contributed by atoms with Crippen LogP contribution in [0, 0.1) is 5.92 Å². The van der Waals surface area contributed by atoms with E-state index in [1.807, 2.05) is 13.1 Å². The molecule has 2 nitrogen and oxygen atoms in total.